The second-order valence-electron chi connectivity index (χ2n) is 2.67. The Morgan fingerprint density at radius 1 is 1.31 bits per heavy atom. The molecule has 0 aliphatic heterocycles. The molecule has 0 atom stereocenters. The smallest absolute Gasteiger partial charge is 0.258 e. The van der Waals surface area contributed by atoms with Crippen molar-refractivity contribution in [2.45, 2.75) is 6.92 Å². The molecule has 3 N–H and O–H groups in total. The van der Waals surface area contributed by atoms with Crippen LogP contribution in [-0.2, 0) is 0 Å². The number of aryl methyl sites for hydroxylation is 1. The maximum absolute atomic E-state index is 11.3. The van der Waals surface area contributed by atoms with Crippen LogP contribution in [0.15, 0.2) is 29.1 Å². The molecule has 1 aromatic heterocycles. The van der Waals surface area contributed by atoms with Crippen LogP contribution in [0.5, 0.6) is 0 Å². The highest BCUT2D eigenvalue weighted by molar-refractivity contribution is 5.76. The van der Waals surface area contributed by atoms with Gasteiger partial charge in [-0.25, -0.2) is 4.98 Å². The average Bonchev–Trinajstić information content (AvgIpc) is 2.04. The lowest BCUT2D eigenvalue weighted by molar-refractivity contribution is 0.824. The Kier molecular flexibility index (Phi) is 2.44. The van der Waals surface area contributed by atoms with Crippen molar-refractivity contribution in [1.82, 2.24) is 9.97 Å². The highest BCUT2D eigenvalue weighted by Crippen LogP contribution is 2.04. The molecule has 4 heteroatoms. The van der Waals surface area contributed by atoms with Crippen molar-refractivity contribution in [3.05, 3.63) is 40.4 Å². The van der Waals surface area contributed by atoms with Crippen molar-refractivity contribution >= 4 is 10.9 Å². The highest BCUT2D eigenvalue weighted by atomic mass is 16.1. The zero-order chi connectivity index (χ0) is 8.55. The maximum Gasteiger partial charge on any atom is 0.258 e. The van der Waals surface area contributed by atoms with Crippen LogP contribution in [0, 0.1) is 6.92 Å². The molecule has 2 rings (SSSR count). The molecule has 2 aromatic rings. The highest BCUT2D eigenvalue weighted by Gasteiger charge is 1.97. The van der Waals surface area contributed by atoms with Gasteiger partial charge in [0, 0.05) is 0 Å². The van der Waals surface area contributed by atoms with Crippen molar-refractivity contribution in [2.24, 2.45) is 0 Å². The van der Waals surface area contributed by atoms with Crippen molar-refractivity contribution in [2.75, 3.05) is 0 Å². The molecule has 1 heterocycles. The van der Waals surface area contributed by atoms with E-state index in [0.29, 0.717) is 11.2 Å². The van der Waals surface area contributed by atoms with Crippen molar-refractivity contribution in [3.63, 3.8) is 0 Å². The van der Waals surface area contributed by atoms with Gasteiger partial charge in [0.15, 0.2) is 0 Å². The fraction of sp³-hybridized carbons (Fsp3) is 0.111. The molecule has 0 amide bonds. The van der Waals surface area contributed by atoms with Crippen LogP contribution in [0.1, 0.15) is 5.82 Å². The monoisotopic (exact) mass is 178 g/mol. The van der Waals surface area contributed by atoms with E-state index >= 15 is 0 Å². The number of nitrogens with one attached hydrogen (secondary N) is 1. The summed E-state index contributed by atoms with van der Waals surface area (Å²) in [6, 6.07) is 7.29. The number of aromatic nitrogens is 2. The number of H-pyrrole nitrogens is 1. The molecule has 0 unspecified atom stereocenters. The molecule has 0 radical (unpaired) electrons. The predicted octanol–water partition coefficient (Wildman–Crippen LogP) is 0.407. The summed E-state index contributed by atoms with van der Waals surface area (Å²) in [6.07, 6.45) is 0. The van der Waals surface area contributed by atoms with Gasteiger partial charge in [0.2, 0.25) is 0 Å². The van der Waals surface area contributed by atoms with Crippen molar-refractivity contribution < 1.29 is 5.48 Å². The summed E-state index contributed by atoms with van der Waals surface area (Å²) in [7, 11) is 0. The maximum atomic E-state index is 11.3. The second kappa shape index (κ2) is 3.37. The fourth-order valence-corrected chi connectivity index (χ4v) is 1.20. The van der Waals surface area contributed by atoms with Gasteiger partial charge < -0.3 is 10.5 Å². The van der Waals surface area contributed by atoms with E-state index in [1.807, 2.05) is 18.2 Å². The molecule has 0 aliphatic carbocycles. The second-order valence-corrected chi connectivity index (χ2v) is 2.67. The Hall–Kier alpha value is -1.68. The summed E-state index contributed by atoms with van der Waals surface area (Å²) < 4.78 is 0. The van der Waals surface area contributed by atoms with Gasteiger partial charge in [-0.1, -0.05) is 12.1 Å². The molecule has 13 heavy (non-hydrogen) atoms. The summed E-state index contributed by atoms with van der Waals surface area (Å²) in [5.74, 6) is 0.652. The fourth-order valence-electron chi connectivity index (χ4n) is 1.20. The summed E-state index contributed by atoms with van der Waals surface area (Å²) in [5.41, 5.74) is 0.678. The first kappa shape index (κ1) is 9.41. The van der Waals surface area contributed by atoms with Gasteiger partial charge in [0.05, 0.1) is 10.9 Å². The lowest BCUT2D eigenvalue weighted by Gasteiger charge is -1.95. The Morgan fingerprint density at radius 2 is 2.00 bits per heavy atom. The summed E-state index contributed by atoms with van der Waals surface area (Å²) in [5, 5.41) is 0.642. The van der Waals surface area contributed by atoms with Crippen LogP contribution in [0.25, 0.3) is 10.9 Å². The molecule has 0 fully saturated rings. The normalized spacial score (nSPS) is 9.62. The van der Waals surface area contributed by atoms with Gasteiger partial charge in [-0.05, 0) is 19.1 Å². The number of rotatable bonds is 0. The van der Waals surface area contributed by atoms with Crippen LogP contribution < -0.4 is 5.56 Å². The molecule has 0 aliphatic rings. The van der Waals surface area contributed by atoms with Crippen molar-refractivity contribution in [1.29, 1.82) is 0 Å². The molecule has 4 nitrogen and oxygen atoms in total. The van der Waals surface area contributed by atoms with Gasteiger partial charge in [0.1, 0.15) is 5.82 Å². The first-order valence-corrected chi connectivity index (χ1v) is 3.73. The third-order valence-corrected chi connectivity index (χ3v) is 1.73. The minimum Gasteiger partial charge on any atom is -0.412 e. The molecular weight excluding hydrogens is 168 g/mol. The van der Waals surface area contributed by atoms with Crippen LogP contribution in [0.3, 0.4) is 0 Å². The van der Waals surface area contributed by atoms with E-state index in [9.17, 15) is 4.79 Å². The minimum absolute atomic E-state index is 0. The lowest BCUT2D eigenvalue weighted by atomic mass is 10.2. The van der Waals surface area contributed by atoms with E-state index in [4.69, 9.17) is 0 Å². The third-order valence-electron chi connectivity index (χ3n) is 1.73. The number of nitrogens with zero attached hydrogens (tertiary/aromatic N) is 1. The summed E-state index contributed by atoms with van der Waals surface area (Å²) >= 11 is 0. The molecule has 0 spiro atoms. The largest absolute Gasteiger partial charge is 0.412 e. The first-order valence-electron chi connectivity index (χ1n) is 3.73. The van der Waals surface area contributed by atoms with E-state index in [1.54, 1.807) is 13.0 Å². The van der Waals surface area contributed by atoms with E-state index in [1.165, 1.54) is 0 Å². The Labute approximate surface area is 74.6 Å². The third kappa shape index (κ3) is 1.57. The number of para-hydroxylation sites is 1. The van der Waals surface area contributed by atoms with Crippen LogP contribution in [0.2, 0.25) is 0 Å². The van der Waals surface area contributed by atoms with Crippen LogP contribution in [0.4, 0.5) is 0 Å². The Morgan fingerprint density at radius 3 is 2.77 bits per heavy atom. The van der Waals surface area contributed by atoms with E-state index in [2.05, 4.69) is 9.97 Å². The van der Waals surface area contributed by atoms with E-state index in [0.717, 1.165) is 5.52 Å². The molecule has 68 valence electrons. The average molecular weight is 178 g/mol. The van der Waals surface area contributed by atoms with Gasteiger partial charge in [-0.15, -0.1) is 0 Å². The number of fused-ring (bicyclic) bond motifs is 1. The summed E-state index contributed by atoms with van der Waals surface area (Å²) in [6.45, 7) is 1.77. The molecule has 0 bridgehead atoms. The molecule has 0 saturated carbocycles. The Bertz CT molecular complexity index is 476. The van der Waals surface area contributed by atoms with Gasteiger partial charge in [-0.2, -0.15) is 0 Å². The molecular formula is C9H10N2O2. The van der Waals surface area contributed by atoms with E-state index in [-0.39, 0.29) is 11.0 Å². The Balaban J connectivity index is 0.000000845. The minimum atomic E-state index is -0.0712. The predicted molar refractivity (Wildman–Crippen MR) is 50.7 cm³/mol. The summed E-state index contributed by atoms with van der Waals surface area (Å²) in [4.78, 5) is 18.1. The zero-order valence-corrected chi connectivity index (χ0v) is 7.16. The standard InChI is InChI=1S/C9H8N2O.H2O/c1-6-10-8-5-3-2-4-7(8)9(12)11-6;/h2-5H,1H3,(H,10,11,12);1H2. The van der Waals surface area contributed by atoms with Crippen molar-refractivity contribution in [3.8, 4) is 0 Å². The van der Waals surface area contributed by atoms with Gasteiger partial charge in [0.25, 0.3) is 5.56 Å². The number of aromatic amines is 1. The lowest BCUT2D eigenvalue weighted by Crippen LogP contribution is -2.09. The van der Waals surface area contributed by atoms with Gasteiger partial charge in [-0.3, -0.25) is 4.79 Å². The van der Waals surface area contributed by atoms with Crippen LogP contribution >= 0.6 is 0 Å². The van der Waals surface area contributed by atoms with Crippen LogP contribution in [-0.4, -0.2) is 15.4 Å². The number of benzene rings is 1. The first-order chi connectivity index (χ1) is 5.77. The number of hydrogen-bond acceptors (Lipinski definition) is 2. The molecule has 0 saturated heterocycles. The topological polar surface area (TPSA) is 77.2 Å². The SMILES string of the molecule is Cc1nc2ccccc2c(=O)[nH]1.O. The molecule has 1 aromatic carbocycles. The number of hydrogen-bond donors (Lipinski definition) is 1. The van der Waals surface area contributed by atoms with Gasteiger partial charge >= 0.3 is 0 Å². The quantitative estimate of drug-likeness (QED) is 0.634. The zero-order valence-electron chi connectivity index (χ0n) is 7.16. The van der Waals surface area contributed by atoms with E-state index < -0.39 is 0 Å².